The first-order valence-electron chi connectivity index (χ1n) is 9.80. The number of hydrogen-bond donors (Lipinski definition) is 0. The highest BCUT2D eigenvalue weighted by atomic mass is 16.5. The number of piperazine rings is 1. The Morgan fingerprint density at radius 3 is 1.38 bits per heavy atom. The van der Waals surface area contributed by atoms with Gasteiger partial charge in [0.1, 0.15) is 0 Å². The Hall–Kier alpha value is -3.96. The van der Waals surface area contributed by atoms with Crippen molar-refractivity contribution in [2.75, 3.05) is 39.4 Å². The van der Waals surface area contributed by atoms with Gasteiger partial charge in [0, 0.05) is 38.6 Å². The molecule has 0 unspecified atom stereocenters. The minimum absolute atomic E-state index is 0.0185. The van der Waals surface area contributed by atoms with Crippen LogP contribution < -0.4 is 0 Å². The molecule has 0 bridgehead atoms. The predicted molar refractivity (Wildman–Crippen MR) is 107 cm³/mol. The quantitative estimate of drug-likeness (QED) is 0.540. The molecule has 1 saturated heterocycles. The summed E-state index contributed by atoms with van der Waals surface area (Å²) in [4.78, 5) is 67.1. The zero-order chi connectivity index (χ0) is 23.1. The van der Waals surface area contributed by atoms with Gasteiger partial charge in [-0.15, -0.1) is 0 Å². The van der Waals surface area contributed by atoms with Gasteiger partial charge in [0.15, 0.2) is 24.6 Å². The molecule has 0 atom stereocenters. The number of aryl methyl sites for hydroxylation is 2. The summed E-state index contributed by atoms with van der Waals surface area (Å²) in [6.45, 7) is 3.67. The first-order valence-corrected chi connectivity index (χ1v) is 9.80. The van der Waals surface area contributed by atoms with Crippen LogP contribution in [-0.4, -0.2) is 92.9 Å². The maximum absolute atomic E-state index is 12.3. The first-order chi connectivity index (χ1) is 15.3. The van der Waals surface area contributed by atoms with Crippen LogP contribution >= 0.6 is 0 Å². The zero-order valence-electron chi connectivity index (χ0n) is 17.7. The molecule has 2 aromatic heterocycles. The van der Waals surface area contributed by atoms with Crippen molar-refractivity contribution < 1.29 is 28.7 Å². The Bertz CT molecular complexity index is 905. The maximum atomic E-state index is 12.3. The molecule has 0 aliphatic carbocycles. The number of hydrogen-bond acceptors (Lipinski definition) is 10. The molecule has 2 aromatic rings. The van der Waals surface area contributed by atoms with E-state index in [1.807, 2.05) is 0 Å². The summed E-state index contributed by atoms with van der Waals surface area (Å²) in [5.74, 6) is -2.23. The van der Waals surface area contributed by atoms with Crippen LogP contribution in [-0.2, 0) is 19.1 Å². The highest BCUT2D eigenvalue weighted by Gasteiger charge is 2.26. The lowest BCUT2D eigenvalue weighted by Crippen LogP contribution is -2.52. The molecule has 3 rings (SSSR count). The molecular formula is C20H22N6O6. The number of rotatable bonds is 6. The summed E-state index contributed by atoms with van der Waals surface area (Å²) in [6.07, 6.45) is 5.43. The van der Waals surface area contributed by atoms with Gasteiger partial charge >= 0.3 is 11.9 Å². The van der Waals surface area contributed by atoms with Crippen molar-refractivity contribution in [1.82, 2.24) is 29.7 Å². The smallest absolute Gasteiger partial charge is 0.359 e. The molecule has 0 radical (unpaired) electrons. The molecule has 32 heavy (non-hydrogen) atoms. The number of carbonyl (C=O) groups is 4. The van der Waals surface area contributed by atoms with Crippen LogP contribution in [0.2, 0.25) is 0 Å². The predicted octanol–water partition coefficient (Wildman–Crippen LogP) is -0.432. The number of ether oxygens (including phenoxy) is 2. The lowest BCUT2D eigenvalue weighted by atomic mass is 10.3. The van der Waals surface area contributed by atoms with Crippen LogP contribution in [0.3, 0.4) is 0 Å². The van der Waals surface area contributed by atoms with Crippen LogP contribution in [0.5, 0.6) is 0 Å². The zero-order valence-corrected chi connectivity index (χ0v) is 17.7. The van der Waals surface area contributed by atoms with Crippen molar-refractivity contribution in [3.05, 3.63) is 47.6 Å². The molecule has 0 N–H and O–H groups in total. The number of nitrogens with zero attached hydrogens (tertiary/aromatic N) is 6. The maximum Gasteiger partial charge on any atom is 0.359 e. The van der Waals surface area contributed by atoms with Gasteiger partial charge in [-0.2, -0.15) is 0 Å². The fourth-order valence-electron chi connectivity index (χ4n) is 2.79. The Kier molecular flexibility index (Phi) is 7.37. The monoisotopic (exact) mass is 442 g/mol. The fraction of sp³-hybridized carbons (Fsp3) is 0.400. The molecule has 0 aromatic carbocycles. The van der Waals surface area contributed by atoms with Crippen LogP contribution in [0.1, 0.15) is 32.4 Å². The Balaban J connectivity index is 1.39. The van der Waals surface area contributed by atoms with E-state index in [0.29, 0.717) is 11.4 Å². The van der Waals surface area contributed by atoms with Crippen molar-refractivity contribution in [2.24, 2.45) is 0 Å². The topological polar surface area (TPSA) is 145 Å². The molecule has 12 nitrogen and oxygen atoms in total. The van der Waals surface area contributed by atoms with Gasteiger partial charge in [-0.1, -0.05) is 0 Å². The second-order valence-electron chi connectivity index (χ2n) is 7.00. The van der Waals surface area contributed by atoms with E-state index in [0.717, 1.165) is 0 Å². The average Bonchev–Trinajstić information content (AvgIpc) is 2.81. The molecular weight excluding hydrogens is 420 g/mol. The summed E-state index contributed by atoms with van der Waals surface area (Å²) in [5.41, 5.74) is 1.35. The Labute approximate surface area is 183 Å². The van der Waals surface area contributed by atoms with E-state index in [4.69, 9.17) is 9.47 Å². The van der Waals surface area contributed by atoms with E-state index in [9.17, 15) is 19.2 Å². The molecule has 12 heteroatoms. The Morgan fingerprint density at radius 1 is 0.688 bits per heavy atom. The van der Waals surface area contributed by atoms with Crippen molar-refractivity contribution in [3.8, 4) is 0 Å². The van der Waals surface area contributed by atoms with Gasteiger partial charge in [0.05, 0.1) is 23.8 Å². The van der Waals surface area contributed by atoms with Crippen LogP contribution in [0.25, 0.3) is 0 Å². The van der Waals surface area contributed by atoms with Gasteiger partial charge in [0.25, 0.3) is 11.8 Å². The third-order valence-electron chi connectivity index (χ3n) is 4.62. The fourth-order valence-corrected chi connectivity index (χ4v) is 2.79. The highest BCUT2D eigenvalue weighted by molar-refractivity contribution is 5.90. The van der Waals surface area contributed by atoms with Crippen molar-refractivity contribution >= 4 is 23.8 Å². The summed E-state index contributed by atoms with van der Waals surface area (Å²) in [5, 5.41) is 0. The molecule has 1 aliphatic heterocycles. The van der Waals surface area contributed by atoms with Gasteiger partial charge in [-0.25, -0.2) is 19.6 Å². The van der Waals surface area contributed by atoms with E-state index in [-0.39, 0.29) is 49.4 Å². The van der Waals surface area contributed by atoms with Crippen LogP contribution in [0.4, 0.5) is 0 Å². The molecule has 0 spiro atoms. The number of carbonyl (C=O) groups excluding carboxylic acids is 4. The Morgan fingerprint density at radius 2 is 1.06 bits per heavy atom. The van der Waals surface area contributed by atoms with Crippen molar-refractivity contribution in [2.45, 2.75) is 13.8 Å². The molecule has 1 aliphatic rings. The normalized spacial score (nSPS) is 13.4. The third kappa shape index (κ3) is 6.03. The summed E-state index contributed by atoms with van der Waals surface area (Å²) >= 11 is 0. The van der Waals surface area contributed by atoms with Gasteiger partial charge < -0.3 is 19.3 Å². The summed E-state index contributed by atoms with van der Waals surface area (Å²) in [6, 6.07) is 0. The molecule has 0 saturated carbocycles. The number of aromatic nitrogens is 4. The summed E-state index contributed by atoms with van der Waals surface area (Å²) in [7, 11) is 0. The van der Waals surface area contributed by atoms with Crippen molar-refractivity contribution in [1.29, 1.82) is 0 Å². The highest BCUT2D eigenvalue weighted by Crippen LogP contribution is 2.05. The second-order valence-corrected chi connectivity index (χ2v) is 7.00. The lowest BCUT2D eigenvalue weighted by molar-refractivity contribution is -0.142. The summed E-state index contributed by atoms with van der Waals surface area (Å²) < 4.78 is 9.98. The molecule has 2 amide bonds. The SMILES string of the molecule is Cc1cnc(C(=O)OCC(=O)N2CCN(C(=O)COC(=O)c3cnc(C)cn3)CC2)cn1. The van der Waals surface area contributed by atoms with E-state index >= 15 is 0 Å². The van der Waals surface area contributed by atoms with E-state index in [1.165, 1.54) is 34.6 Å². The molecule has 168 valence electrons. The van der Waals surface area contributed by atoms with E-state index in [2.05, 4.69) is 19.9 Å². The van der Waals surface area contributed by atoms with Crippen LogP contribution in [0, 0.1) is 13.8 Å². The number of amides is 2. The second kappa shape index (κ2) is 10.4. The van der Waals surface area contributed by atoms with E-state index in [1.54, 1.807) is 13.8 Å². The third-order valence-corrected chi connectivity index (χ3v) is 4.62. The largest absolute Gasteiger partial charge is 0.451 e. The van der Waals surface area contributed by atoms with E-state index < -0.39 is 25.2 Å². The molecule has 1 fully saturated rings. The number of esters is 2. The van der Waals surface area contributed by atoms with Crippen molar-refractivity contribution in [3.63, 3.8) is 0 Å². The average molecular weight is 442 g/mol. The minimum Gasteiger partial charge on any atom is -0.451 e. The lowest BCUT2D eigenvalue weighted by Gasteiger charge is -2.34. The van der Waals surface area contributed by atoms with Gasteiger partial charge in [-0.3, -0.25) is 19.6 Å². The van der Waals surface area contributed by atoms with Gasteiger partial charge in [-0.05, 0) is 13.8 Å². The van der Waals surface area contributed by atoms with Crippen LogP contribution in [0.15, 0.2) is 24.8 Å². The standard InChI is InChI=1S/C20H22N6O6/c1-13-7-23-15(9-21-13)19(29)31-11-17(27)25-3-5-26(6-4-25)18(28)12-32-20(30)16-10-22-14(2)8-24-16/h7-10H,3-6,11-12H2,1-2H3. The van der Waals surface area contributed by atoms with Gasteiger partial charge in [0.2, 0.25) is 0 Å². The minimum atomic E-state index is -0.736. The first kappa shape index (κ1) is 22.7. The molecule has 3 heterocycles.